The number of hydrogen-bond donors (Lipinski definition) is 1. The van der Waals surface area contributed by atoms with Gasteiger partial charge in [0.05, 0.1) is 4.90 Å². The lowest BCUT2D eigenvalue weighted by Gasteiger charge is -2.18. The molecule has 0 aliphatic heterocycles. The maximum atomic E-state index is 12.3. The van der Waals surface area contributed by atoms with Crippen LogP contribution in [0.4, 0.5) is 0 Å². The summed E-state index contributed by atoms with van der Waals surface area (Å²) in [4.78, 5) is 25.3. The topological polar surface area (TPSA) is 83.6 Å². The number of halogens is 1. The van der Waals surface area contributed by atoms with Crippen LogP contribution < -0.4 is 4.72 Å². The van der Waals surface area contributed by atoms with Crippen LogP contribution in [0.5, 0.6) is 0 Å². The van der Waals surface area contributed by atoms with Crippen LogP contribution in [-0.4, -0.2) is 38.2 Å². The fraction of sp³-hybridized carbons (Fsp3) is 0.294. The van der Waals surface area contributed by atoms with Gasteiger partial charge in [-0.3, -0.25) is 9.59 Å². The molecule has 0 unspecified atom stereocenters. The Hall–Kier alpha value is -2.12. The highest BCUT2D eigenvalue weighted by Gasteiger charge is 2.21. The normalized spacial score (nSPS) is 10.8. The minimum absolute atomic E-state index is 0. The van der Waals surface area contributed by atoms with Crippen molar-refractivity contribution in [3.8, 4) is 0 Å². The largest absolute Gasteiger partial charge is 0.343 e. The third-order valence-corrected chi connectivity index (χ3v) is 5.08. The molecule has 0 aromatic heterocycles. The average molecular weight is 385 g/mol. The second-order valence-corrected chi connectivity index (χ2v) is 6.96. The van der Waals surface area contributed by atoms with Crippen LogP contribution in [0.25, 0.3) is 10.8 Å². The first kappa shape index (κ1) is 20.9. The van der Waals surface area contributed by atoms with Crippen LogP contribution in [0.3, 0.4) is 0 Å². The molecule has 25 heavy (non-hydrogen) atoms. The van der Waals surface area contributed by atoms with E-state index in [4.69, 9.17) is 0 Å². The molecular formula is C17H21ClN2O4S. The summed E-state index contributed by atoms with van der Waals surface area (Å²) in [5.74, 6) is -1.23. The van der Waals surface area contributed by atoms with Gasteiger partial charge in [0.2, 0.25) is 11.8 Å². The highest BCUT2D eigenvalue weighted by molar-refractivity contribution is 7.90. The summed E-state index contributed by atoms with van der Waals surface area (Å²) in [5, 5.41) is 1.66. The highest BCUT2D eigenvalue weighted by Crippen LogP contribution is 2.18. The molecular weight excluding hydrogens is 364 g/mol. The Bertz CT molecular complexity index is 864. The molecule has 2 aromatic carbocycles. The molecule has 8 heteroatoms. The second-order valence-electron chi connectivity index (χ2n) is 5.28. The summed E-state index contributed by atoms with van der Waals surface area (Å²) in [6.07, 6.45) is -0.492. The number of hydrogen-bond acceptors (Lipinski definition) is 4. The Morgan fingerprint density at radius 2 is 1.60 bits per heavy atom. The van der Waals surface area contributed by atoms with Crippen LogP contribution in [0.1, 0.15) is 20.3 Å². The van der Waals surface area contributed by atoms with Crippen molar-refractivity contribution in [3.63, 3.8) is 0 Å². The quantitative estimate of drug-likeness (QED) is 0.775. The number of amides is 2. The summed E-state index contributed by atoms with van der Waals surface area (Å²) in [5.41, 5.74) is 0. The van der Waals surface area contributed by atoms with Crippen molar-refractivity contribution in [2.75, 3.05) is 13.1 Å². The van der Waals surface area contributed by atoms with Crippen molar-refractivity contribution in [2.24, 2.45) is 0 Å². The molecule has 0 saturated heterocycles. The van der Waals surface area contributed by atoms with Gasteiger partial charge in [0, 0.05) is 13.1 Å². The zero-order valence-corrected chi connectivity index (χ0v) is 15.7. The number of fused-ring (bicyclic) bond motifs is 1. The van der Waals surface area contributed by atoms with Crippen LogP contribution in [0.15, 0.2) is 47.4 Å². The third kappa shape index (κ3) is 5.17. The Balaban J connectivity index is 0.00000312. The number of carbonyl (C=O) groups is 2. The number of rotatable bonds is 6. The van der Waals surface area contributed by atoms with Crippen molar-refractivity contribution in [1.82, 2.24) is 9.62 Å². The number of nitrogens with one attached hydrogen (secondary N) is 1. The zero-order valence-electron chi connectivity index (χ0n) is 14.1. The summed E-state index contributed by atoms with van der Waals surface area (Å²) >= 11 is 0. The van der Waals surface area contributed by atoms with Crippen molar-refractivity contribution < 1.29 is 18.0 Å². The molecule has 0 saturated carbocycles. The first-order chi connectivity index (χ1) is 11.4. The Labute approximate surface area is 153 Å². The minimum atomic E-state index is -4.01. The lowest BCUT2D eigenvalue weighted by Crippen LogP contribution is -2.37. The van der Waals surface area contributed by atoms with E-state index in [1.54, 1.807) is 32.0 Å². The Morgan fingerprint density at radius 3 is 2.20 bits per heavy atom. The number of carbonyl (C=O) groups excluding carboxylic acids is 2. The van der Waals surface area contributed by atoms with E-state index in [9.17, 15) is 18.0 Å². The summed E-state index contributed by atoms with van der Waals surface area (Å²) < 4.78 is 26.6. The molecule has 0 aliphatic carbocycles. The lowest BCUT2D eigenvalue weighted by molar-refractivity contribution is -0.135. The summed E-state index contributed by atoms with van der Waals surface area (Å²) in [7, 11) is -4.01. The average Bonchev–Trinajstić information content (AvgIpc) is 2.54. The molecule has 0 fully saturated rings. The molecule has 136 valence electrons. The van der Waals surface area contributed by atoms with Crippen molar-refractivity contribution in [3.05, 3.63) is 42.5 Å². The van der Waals surface area contributed by atoms with Gasteiger partial charge in [-0.2, -0.15) is 0 Å². The lowest BCUT2D eigenvalue weighted by atomic mass is 10.1. The smallest absolute Gasteiger partial charge is 0.264 e. The second kappa shape index (κ2) is 8.82. The third-order valence-electron chi connectivity index (χ3n) is 3.71. The molecule has 0 bridgehead atoms. The minimum Gasteiger partial charge on any atom is -0.343 e. The van der Waals surface area contributed by atoms with E-state index in [0.717, 1.165) is 10.8 Å². The van der Waals surface area contributed by atoms with Crippen molar-refractivity contribution in [1.29, 1.82) is 0 Å². The van der Waals surface area contributed by atoms with Crippen LogP contribution in [0, 0.1) is 0 Å². The van der Waals surface area contributed by atoms with E-state index in [2.05, 4.69) is 0 Å². The van der Waals surface area contributed by atoms with E-state index in [1.165, 1.54) is 17.0 Å². The van der Waals surface area contributed by atoms with Gasteiger partial charge in [-0.15, -0.1) is 12.4 Å². The fourth-order valence-electron chi connectivity index (χ4n) is 2.40. The predicted octanol–water partition coefficient (Wildman–Crippen LogP) is 2.33. The number of sulfonamides is 1. The molecule has 0 aliphatic rings. The van der Waals surface area contributed by atoms with Gasteiger partial charge in [0.15, 0.2) is 0 Å². The van der Waals surface area contributed by atoms with E-state index >= 15 is 0 Å². The molecule has 6 nitrogen and oxygen atoms in total. The van der Waals surface area contributed by atoms with E-state index in [-0.39, 0.29) is 17.3 Å². The molecule has 2 rings (SSSR count). The van der Waals surface area contributed by atoms with E-state index in [1.807, 2.05) is 16.9 Å². The first-order valence-corrected chi connectivity index (χ1v) is 9.18. The fourth-order valence-corrected chi connectivity index (χ4v) is 3.42. The van der Waals surface area contributed by atoms with Crippen molar-refractivity contribution in [2.45, 2.75) is 25.2 Å². The molecule has 0 radical (unpaired) electrons. The standard InChI is InChI=1S/C17H20N2O4S.ClH/c1-3-19(4-2)17(21)12-16(20)18-24(22,23)15-10-9-13-7-5-6-8-14(13)11-15;/h5-11H,3-4,12H2,1-2H3,(H,18,20);1H. The Morgan fingerprint density at radius 1 is 1.00 bits per heavy atom. The van der Waals surface area contributed by atoms with Gasteiger partial charge in [0.1, 0.15) is 6.42 Å². The molecule has 0 heterocycles. The van der Waals surface area contributed by atoms with Gasteiger partial charge in [-0.1, -0.05) is 30.3 Å². The summed E-state index contributed by atoms with van der Waals surface area (Å²) in [6.45, 7) is 4.54. The zero-order chi connectivity index (χ0) is 17.7. The number of benzene rings is 2. The van der Waals surface area contributed by atoms with Gasteiger partial charge < -0.3 is 4.90 Å². The maximum Gasteiger partial charge on any atom is 0.264 e. The van der Waals surface area contributed by atoms with Gasteiger partial charge in [-0.25, -0.2) is 13.1 Å². The molecule has 2 amide bonds. The predicted molar refractivity (Wildman–Crippen MR) is 99.1 cm³/mol. The molecule has 0 atom stereocenters. The highest BCUT2D eigenvalue weighted by atomic mass is 35.5. The molecule has 2 aromatic rings. The van der Waals surface area contributed by atoms with Crippen LogP contribution in [-0.2, 0) is 19.6 Å². The summed E-state index contributed by atoms with van der Waals surface area (Å²) in [6, 6.07) is 11.9. The van der Waals surface area contributed by atoms with Crippen LogP contribution >= 0.6 is 12.4 Å². The first-order valence-electron chi connectivity index (χ1n) is 7.69. The van der Waals surface area contributed by atoms with Gasteiger partial charge in [-0.05, 0) is 36.8 Å². The van der Waals surface area contributed by atoms with E-state index in [0.29, 0.717) is 13.1 Å². The van der Waals surface area contributed by atoms with Crippen molar-refractivity contribution >= 4 is 45.0 Å². The molecule has 1 N–H and O–H groups in total. The Kier molecular flexibility index (Phi) is 7.38. The number of nitrogens with zero attached hydrogens (tertiary/aromatic N) is 1. The van der Waals surface area contributed by atoms with Crippen LogP contribution in [0.2, 0.25) is 0 Å². The maximum absolute atomic E-state index is 12.3. The monoisotopic (exact) mass is 384 g/mol. The van der Waals surface area contributed by atoms with E-state index < -0.39 is 28.3 Å². The van der Waals surface area contributed by atoms with Gasteiger partial charge in [0.25, 0.3) is 10.0 Å². The SMILES string of the molecule is CCN(CC)C(=O)CC(=O)NS(=O)(=O)c1ccc2ccccc2c1.Cl. The van der Waals surface area contributed by atoms with Gasteiger partial charge >= 0.3 is 0 Å². The molecule has 0 spiro atoms.